The normalized spacial score (nSPS) is 21.8. The lowest BCUT2D eigenvalue weighted by atomic mass is 9.93. The van der Waals surface area contributed by atoms with Crippen molar-refractivity contribution in [3.05, 3.63) is 40.9 Å². The minimum Gasteiger partial charge on any atom is -0.374 e. The Morgan fingerprint density at radius 3 is 2.59 bits per heavy atom. The number of rotatable bonds is 3. The molecule has 4 rings (SSSR count). The van der Waals surface area contributed by atoms with Gasteiger partial charge < -0.3 is 9.64 Å². The summed E-state index contributed by atoms with van der Waals surface area (Å²) in [6, 6.07) is 5.38. The molecule has 0 spiro atoms. The quantitative estimate of drug-likeness (QED) is 0.780. The molecule has 27 heavy (non-hydrogen) atoms. The molecule has 6 nitrogen and oxygen atoms in total. The first-order valence-electron chi connectivity index (χ1n) is 10.1. The Balaban J connectivity index is 1.60. The van der Waals surface area contributed by atoms with E-state index in [4.69, 9.17) is 9.72 Å². The van der Waals surface area contributed by atoms with E-state index in [0.717, 1.165) is 24.6 Å². The van der Waals surface area contributed by atoms with E-state index in [-0.39, 0.29) is 11.7 Å². The highest BCUT2D eigenvalue weighted by Gasteiger charge is 2.30. The molecule has 0 radical (unpaired) electrons. The number of aromatic nitrogens is 3. The van der Waals surface area contributed by atoms with Gasteiger partial charge in [-0.05, 0) is 30.9 Å². The second-order valence-corrected chi connectivity index (χ2v) is 7.68. The lowest BCUT2D eigenvalue weighted by Gasteiger charge is -2.38. The number of pyridine rings is 1. The molecule has 0 amide bonds. The van der Waals surface area contributed by atoms with Crippen LogP contribution in [0.5, 0.6) is 0 Å². The summed E-state index contributed by atoms with van der Waals surface area (Å²) in [5.74, 6) is 1.35. The van der Waals surface area contributed by atoms with Crippen LogP contribution >= 0.6 is 0 Å². The topological polar surface area (TPSA) is 60.2 Å². The minimum absolute atomic E-state index is 0.0377. The van der Waals surface area contributed by atoms with Gasteiger partial charge in [-0.25, -0.2) is 4.98 Å². The summed E-state index contributed by atoms with van der Waals surface area (Å²) in [6.45, 7) is 2.27. The number of morpholine rings is 1. The van der Waals surface area contributed by atoms with Gasteiger partial charge in [0.1, 0.15) is 0 Å². The van der Waals surface area contributed by atoms with Gasteiger partial charge in [-0.15, -0.1) is 0 Å². The van der Waals surface area contributed by atoms with Crippen LogP contribution in [0, 0.1) is 5.92 Å². The molecule has 6 heteroatoms. The Bertz CT molecular complexity index is 813. The molecule has 2 aromatic rings. The zero-order valence-electron chi connectivity index (χ0n) is 16.0. The van der Waals surface area contributed by atoms with Crippen molar-refractivity contribution >= 4 is 5.95 Å². The predicted molar refractivity (Wildman–Crippen MR) is 106 cm³/mol. The van der Waals surface area contributed by atoms with Crippen LogP contribution in [0.25, 0.3) is 11.3 Å². The molecule has 2 fully saturated rings. The Morgan fingerprint density at radius 1 is 1.11 bits per heavy atom. The number of ether oxygens (including phenoxy) is 1. The summed E-state index contributed by atoms with van der Waals surface area (Å²) in [5.41, 5.74) is 1.58. The lowest BCUT2D eigenvalue weighted by molar-refractivity contribution is -0.00356. The summed E-state index contributed by atoms with van der Waals surface area (Å²) < 4.78 is 7.80. The van der Waals surface area contributed by atoms with Gasteiger partial charge in [0, 0.05) is 44.2 Å². The summed E-state index contributed by atoms with van der Waals surface area (Å²) in [5, 5.41) is 0. The summed E-state index contributed by atoms with van der Waals surface area (Å²) in [6.07, 6.45) is 11.5. The monoisotopic (exact) mass is 368 g/mol. The standard InChI is InChI=1S/C21H28N4O2/c1-24-20(26)14-18(16-8-10-22-11-9-16)23-21(24)25-12-13-27-19(15-25)17-6-4-2-3-5-7-17/h8-11,14,17,19H,2-7,12-13,15H2,1H3. The molecule has 3 heterocycles. The fourth-order valence-electron chi connectivity index (χ4n) is 4.31. The van der Waals surface area contributed by atoms with E-state index in [1.165, 1.54) is 38.5 Å². The number of nitrogens with zero attached hydrogens (tertiary/aromatic N) is 4. The van der Waals surface area contributed by atoms with Crippen molar-refractivity contribution in [2.45, 2.75) is 44.6 Å². The maximum atomic E-state index is 12.6. The van der Waals surface area contributed by atoms with E-state index in [0.29, 0.717) is 18.2 Å². The van der Waals surface area contributed by atoms with Crippen molar-refractivity contribution in [1.29, 1.82) is 0 Å². The second kappa shape index (κ2) is 8.21. The van der Waals surface area contributed by atoms with E-state index < -0.39 is 0 Å². The van der Waals surface area contributed by atoms with Crippen molar-refractivity contribution in [3.8, 4) is 11.3 Å². The maximum absolute atomic E-state index is 12.6. The first kappa shape index (κ1) is 18.2. The van der Waals surface area contributed by atoms with Crippen molar-refractivity contribution in [3.63, 3.8) is 0 Å². The van der Waals surface area contributed by atoms with Crippen LogP contribution in [-0.4, -0.2) is 40.3 Å². The molecule has 2 aromatic heterocycles. The van der Waals surface area contributed by atoms with E-state index in [1.807, 2.05) is 12.1 Å². The molecule has 0 bridgehead atoms. The third-order valence-corrected chi connectivity index (χ3v) is 5.89. The van der Waals surface area contributed by atoms with Crippen molar-refractivity contribution in [2.75, 3.05) is 24.6 Å². The summed E-state index contributed by atoms with van der Waals surface area (Å²) >= 11 is 0. The smallest absolute Gasteiger partial charge is 0.255 e. The molecule has 1 atom stereocenters. The van der Waals surface area contributed by atoms with E-state index >= 15 is 0 Å². The van der Waals surface area contributed by atoms with Crippen LogP contribution in [0.3, 0.4) is 0 Å². The lowest BCUT2D eigenvalue weighted by Crippen LogP contribution is -2.47. The van der Waals surface area contributed by atoms with Gasteiger partial charge >= 0.3 is 0 Å². The highest BCUT2D eigenvalue weighted by atomic mass is 16.5. The van der Waals surface area contributed by atoms with Crippen molar-refractivity contribution in [1.82, 2.24) is 14.5 Å². The second-order valence-electron chi connectivity index (χ2n) is 7.68. The minimum atomic E-state index is -0.0377. The van der Waals surface area contributed by atoms with Crippen LogP contribution in [0.4, 0.5) is 5.95 Å². The molecule has 1 unspecified atom stereocenters. The van der Waals surface area contributed by atoms with Crippen LogP contribution in [-0.2, 0) is 11.8 Å². The van der Waals surface area contributed by atoms with E-state index in [1.54, 1.807) is 30.1 Å². The summed E-state index contributed by atoms with van der Waals surface area (Å²) in [7, 11) is 1.80. The molecule has 1 saturated heterocycles. The highest BCUT2D eigenvalue weighted by molar-refractivity contribution is 5.59. The third-order valence-electron chi connectivity index (χ3n) is 5.89. The van der Waals surface area contributed by atoms with Gasteiger partial charge in [0.15, 0.2) is 0 Å². The van der Waals surface area contributed by atoms with Crippen LogP contribution < -0.4 is 10.5 Å². The SMILES string of the molecule is Cn1c(N2CCOC(C3CCCCCC3)C2)nc(-c2ccncc2)cc1=O. The molecule has 0 aromatic carbocycles. The number of hydrogen-bond donors (Lipinski definition) is 0. The van der Waals surface area contributed by atoms with Crippen LogP contribution in [0.15, 0.2) is 35.4 Å². The first-order chi connectivity index (χ1) is 13.2. The molecule has 0 N–H and O–H groups in total. The average Bonchev–Trinajstić information content (AvgIpc) is 3.00. The predicted octanol–water partition coefficient (Wildman–Crippen LogP) is 3.02. The Kier molecular flexibility index (Phi) is 5.53. The van der Waals surface area contributed by atoms with Crippen LogP contribution in [0.1, 0.15) is 38.5 Å². The van der Waals surface area contributed by atoms with Gasteiger partial charge in [0.2, 0.25) is 5.95 Å². The largest absolute Gasteiger partial charge is 0.374 e. The highest BCUT2D eigenvalue weighted by Crippen LogP contribution is 2.30. The summed E-state index contributed by atoms with van der Waals surface area (Å²) in [4.78, 5) is 23.7. The van der Waals surface area contributed by atoms with Gasteiger partial charge in [0.25, 0.3) is 5.56 Å². The van der Waals surface area contributed by atoms with E-state index in [9.17, 15) is 4.79 Å². The zero-order valence-corrected chi connectivity index (χ0v) is 16.0. The molecular formula is C21H28N4O2. The molecule has 1 aliphatic heterocycles. The Morgan fingerprint density at radius 2 is 1.85 bits per heavy atom. The Hall–Kier alpha value is -2.21. The van der Waals surface area contributed by atoms with Gasteiger partial charge in [-0.2, -0.15) is 0 Å². The molecular weight excluding hydrogens is 340 g/mol. The number of anilines is 1. The van der Waals surface area contributed by atoms with E-state index in [2.05, 4.69) is 9.88 Å². The van der Waals surface area contributed by atoms with Crippen molar-refractivity contribution < 1.29 is 4.74 Å². The van der Waals surface area contributed by atoms with Gasteiger partial charge in [0.05, 0.1) is 18.4 Å². The van der Waals surface area contributed by atoms with Crippen molar-refractivity contribution in [2.24, 2.45) is 13.0 Å². The molecule has 1 saturated carbocycles. The molecule has 2 aliphatic rings. The first-order valence-corrected chi connectivity index (χ1v) is 10.1. The van der Waals surface area contributed by atoms with Gasteiger partial charge in [-0.3, -0.25) is 14.3 Å². The number of hydrogen-bond acceptors (Lipinski definition) is 5. The average molecular weight is 368 g/mol. The Labute approximate surface area is 160 Å². The molecule has 1 aliphatic carbocycles. The fraction of sp³-hybridized carbons (Fsp3) is 0.571. The molecule has 144 valence electrons. The van der Waals surface area contributed by atoms with Gasteiger partial charge in [-0.1, -0.05) is 25.7 Å². The zero-order chi connectivity index (χ0) is 18.6. The maximum Gasteiger partial charge on any atom is 0.255 e. The fourth-order valence-corrected chi connectivity index (χ4v) is 4.31. The van der Waals surface area contributed by atoms with Crippen LogP contribution in [0.2, 0.25) is 0 Å². The third kappa shape index (κ3) is 4.05.